The van der Waals surface area contributed by atoms with E-state index in [1.807, 2.05) is 6.92 Å². The molecule has 0 aliphatic heterocycles. The molecule has 0 radical (unpaired) electrons. The van der Waals surface area contributed by atoms with Crippen LogP contribution in [0.1, 0.15) is 42.6 Å². The maximum absolute atomic E-state index is 11.9. The van der Waals surface area contributed by atoms with Gasteiger partial charge >= 0.3 is 0 Å². The Kier molecular flexibility index (Phi) is 4.29. The van der Waals surface area contributed by atoms with Crippen molar-refractivity contribution in [3.63, 3.8) is 0 Å². The minimum Gasteiger partial charge on any atom is -0.375 e. The molecule has 0 saturated heterocycles. The molecule has 0 aliphatic rings. The summed E-state index contributed by atoms with van der Waals surface area (Å²) in [5.74, 6) is 0.397. The van der Waals surface area contributed by atoms with Gasteiger partial charge in [-0.2, -0.15) is 0 Å². The average Bonchev–Trinajstić information content (AvgIpc) is 2.56. The number of nitrogens with one attached hydrogen (secondary N) is 1. The first-order chi connectivity index (χ1) is 7.45. The molecule has 0 saturated carbocycles. The van der Waals surface area contributed by atoms with Gasteiger partial charge in [-0.3, -0.25) is 4.79 Å². The third kappa shape index (κ3) is 2.95. The molecule has 0 fully saturated rings. The number of hydrogen-bond donors (Lipinski definition) is 2. The van der Waals surface area contributed by atoms with Crippen molar-refractivity contribution in [3.8, 4) is 0 Å². The number of amides is 1. The van der Waals surface area contributed by atoms with Crippen LogP contribution in [0.5, 0.6) is 0 Å². The number of anilines is 1. The van der Waals surface area contributed by atoms with E-state index in [-0.39, 0.29) is 11.9 Å². The van der Waals surface area contributed by atoms with Gasteiger partial charge in [-0.25, -0.2) is 4.98 Å². The normalized spacial score (nSPS) is 14.5. The molecule has 2 atom stereocenters. The van der Waals surface area contributed by atoms with E-state index in [9.17, 15) is 4.79 Å². The van der Waals surface area contributed by atoms with Crippen molar-refractivity contribution in [2.75, 3.05) is 5.73 Å². The summed E-state index contributed by atoms with van der Waals surface area (Å²) in [6, 6.07) is 0.167. The Bertz CT molecular complexity index is 375. The second kappa shape index (κ2) is 5.30. The van der Waals surface area contributed by atoms with Crippen LogP contribution in [0.2, 0.25) is 0 Å². The number of carbonyl (C=O) groups excluding carboxylic acids is 1. The predicted molar refractivity (Wildman–Crippen MR) is 67.6 cm³/mol. The maximum Gasteiger partial charge on any atom is 0.263 e. The number of nitrogens with zero attached hydrogens (tertiary/aromatic N) is 1. The van der Waals surface area contributed by atoms with Crippen LogP contribution < -0.4 is 11.1 Å². The van der Waals surface area contributed by atoms with Gasteiger partial charge in [0.15, 0.2) is 5.13 Å². The summed E-state index contributed by atoms with van der Waals surface area (Å²) in [6.07, 6.45) is 1.05. The lowest BCUT2D eigenvalue weighted by molar-refractivity contribution is 0.0931. The Balaban J connectivity index is 2.69. The zero-order valence-corrected chi connectivity index (χ0v) is 11.0. The van der Waals surface area contributed by atoms with Crippen LogP contribution in [0.3, 0.4) is 0 Å². The Morgan fingerprint density at radius 2 is 2.19 bits per heavy atom. The molecule has 0 aromatic carbocycles. The molecule has 5 heteroatoms. The SMILES string of the molecule is CCC(C)C(C)NC(=O)c1sc(N)nc1C. The van der Waals surface area contributed by atoms with E-state index in [4.69, 9.17) is 5.73 Å². The molecule has 3 N–H and O–H groups in total. The highest BCUT2D eigenvalue weighted by atomic mass is 32.1. The second-order valence-electron chi connectivity index (χ2n) is 4.11. The molecular formula is C11H19N3OS. The van der Waals surface area contributed by atoms with Crippen molar-refractivity contribution in [2.24, 2.45) is 5.92 Å². The summed E-state index contributed by atoms with van der Waals surface area (Å²) in [6.45, 7) is 8.06. The highest BCUT2D eigenvalue weighted by molar-refractivity contribution is 7.17. The largest absolute Gasteiger partial charge is 0.375 e. The standard InChI is InChI=1S/C11H19N3OS/c1-5-6(2)7(3)13-10(15)9-8(4)14-11(12)16-9/h6-7H,5H2,1-4H3,(H2,12,14)(H,13,15). The van der Waals surface area contributed by atoms with Crippen molar-refractivity contribution < 1.29 is 4.79 Å². The van der Waals surface area contributed by atoms with Crippen molar-refractivity contribution >= 4 is 22.4 Å². The molecular weight excluding hydrogens is 222 g/mol. The molecule has 1 rings (SSSR count). The number of carbonyl (C=O) groups is 1. The second-order valence-corrected chi connectivity index (χ2v) is 5.14. The van der Waals surface area contributed by atoms with Crippen molar-refractivity contribution in [2.45, 2.75) is 40.2 Å². The topological polar surface area (TPSA) is 68.0 Å². The van der Waals surface area contributed by atoms with E-state index in [1.54, 1.807) is 6.92 Å². The molecule has 4 nitrogen and oxygen atoms in total. The van der Waals surface area contributed by atoms with E-state index in [1.165, 1.54) is 11.3 Å². The van der Waals surface area contributed by atoms with Crippen LogP contribution in [0.15, 0.2) is 0 Å². The first-order valence-electron chi connectivity index (χ1n) is 5.49. The number of thiazole rings is 1. The predicted octanol–water partition coefficient (Wildman–Crippen LogP) is 2.20. The molecule has 0 spiro atoms. The van der Waals surface area contributed by atoms with E-state index < -0.39 is 0 Å². The third-order valence-corrected chi connectivity index (χ3v) is 3.86. The van der Waals surface area contributed by atoms with Crippen molar-refractivity contribution in [1.82, 2.24) is 10.3 Å². The zero-order valence-electron chi connectivity index (χ0n) is 10.2. The minimum atomic E-state index is -0.0699. The van der Waals surface area contributed by atoms with Gasteiger partial charge in [0, 0.05) is 6.04 Å². The fourth-order valence-electron chi connectivity index (χ4n) is 1.40. The van der Waals surface area contributed by atoms with Gasteiger partial charge in [0.1, 0.15) is 4.88 Å². The monoisotopic (exact) mass is 241 g/mol. The first-order valence-corrected chi connectivity index (χ1v) is 6.31. The van der Waals surface area contributed by atoms with Gasteiger partial charge in [-0.15, -0.1) is 0 Å². The zero-order chi connectivity index (χ0) is 12.3. The number of hydrogen-bond acceptors (Lipinski definition) is 4. The van der Waals surface area contributed by atoms with E-state index in [0.29, 0.717) is 21.6 Å². The third-order valence-electron chi connectivity index (χ3n) is 2.88. The van der Waals surface area contributed by atoms with Gasteiger partial charge in [-0.05, 0) is 19.8 Å². The Morgan fingerprint density at radius 3 is 2.62 bits per heavy atom. The van der Waals surface area contributed by atoms with Crippen LogP contribution in [-0.2, 0) is 0 Å². The van der Waals surface area contributed by atoms with Gasteiger partial charge < -0.3 is 11.1 Å². The van der Waals surface area contributed by atoms with Crippen LogP contribution in [0, 0.1) is 12.8 Å². The lowest BCUT2D eigenvalue weighted by Crippen LogP contribution is -2.36. The molecule has 0 aliphatic carbocycles. The number of aryl methyl sites for hydroxylation is 1. The number of aromatic nitrogens is 1. The Morgan fingerprint density at radius 1 is 1.56 bits per heavy atom. The summed E-state index contributed by atoms with van der Waals surface area (Å²) < 4.78 is 0. The molecule has 2 unspecified atom stereocenters. The molecule has 90 valence electrons. The summed E-state index contributed by atoms with van der Waals surface area (Å²) >= 11 is 1.24. The maximum atomic E-state index is 11.9. The van der Waals surface area contributed by atoms with E-state index in [2.05, 4.69) is 24.1 Å². The van der Waals surface area contributed by atoms with Gasteiger partial charge in [-0.1, -0.05) is 31.6 Å². The summed E-state index contributed by atoms with van der Waals surface area (Å²) in [5.41, 5.74) is 6.27. The van der Waals surface area contributed by atoms with Crippen LogP contribution in [0.4, 0.5) is 5.13 Å². The fourth-order valence-corrected chi connectivity index (χ4v) is 2.13. The molecule has 0 bridgehead atoms. The van der Waals surface area contributed by atoms with Crippen molar-refractivity contribution in [1.29, 1.82) is 0 Å². The highest BCUT2D eigenvalue weighted by Gasteiger charge is 2.18. The summed E-state index contributed by atoms with van der Waals surface area (Å²) in [4.78, 5) is 16.6. The van der Waals surface area contributed by atoms with Crippen molar-refractivity contribution in [3.05, 3.63) is 10.6 Å². The highest BCUT2D eigenvalue weighted by Crippen LogP contribution is 2.20. The minimum absolute atomic E-state index is 0.0699. The number of nitrogen functional groups attached to an aromatic ring is 1. The lowest BCUT2D eigenvalue weighted by atomic mass is 10.0. The molecule has 1 aromatic rings. The Hall–Kier alpha value is -1.10. The molecule has 1 aromatic heterocycles. The average molecular weight is 241 g/mol. The lowest BCUT2D eigenvalue weighted by Gasteiger charge is -2.19. The first kappa shape index (κ1) is 13.0. The Labute approximate surface area is 100 Å². The number of rotatable bonds is 4. The molecule has 1 heterocycles. The summed E-state index contributed by atoms with van der Waals surface area (Å²) in [7, 11) is 0. The van der Waals surface area contributed by atoms with Gasteiger partial charge in [0.25, 0.3) is 5.91 Å². The fraction of sp³-hybridized carbons (Fsp3) is 0.636. The number of nitrogens with two attached hydrogens (primary N) is 1. The van der Waals surface area contributed by atoms with E-state index in [0.717, 1.165) is 6.42 Å². The van der Waals surface area contributed by atoms with Crippen LogP contribution in [0.25, 0.3) is 0 Å². The summed E-state index contributed by atoms with van der Waals surface area (Å²) in [5, 5.41) is 3.42. The van der Waals surface area contributed by atoms with Crippen LogP contribution in [-0.4, -0.2) is 16.9 Å². The molecule has 16 heavy (non-hydrogen) atoms. The molecule has 1 amide bonds. The van der Waals surface area contributed by atoms with Gasteiger partial charge in [0.2, 0.25) is 0 Å². The smallest absolute Gasteiger partial charge is 0.263 e. The quantitative estimate of drug-likeness (QED) is 0.849. The van der Waals surface area contributed by atoms with E-state index >= 15 is 0 Å². The van der Waals surface area contributed by atoms with Gasteiger partial charge in [0.05, 0.1) is 5.69 Å². The van der Waals surface area contributed by atoms with Crippen LogP contribution >= 0.6 is 11.3 Å².